The van der Waals surface area contributed by atoms with Crippen molar-refractivity contribution in [3.05, 3.63) is 72.3 Å². The summed E-state index contributed by atoms with van der Waals surface area (Å²) in [4.78, 5) is 0. The lowest BCUT2D eigenvalue weighted by atomic mass is 10.00. The summed E-state index contributed by atoms with van der Waals surface area (Å²) >= 11 is 0. The van der Waals surface area contributed by atoms with Gasteiger partial charge in [0, 0.05) is 0 Å². The molecule has 2 aromatic rings. The molecule has 2 aromatic carbocycles. The maximum Gasteiger partial charge on any atom is 0.118 e. The van der Waals surface area contributed by atoms with Gasteiger partial charge in [0.2, 0.25) is 0 Å². The number of rotatable bonds is 3. The summed E-state index contributed by atoms with van der Waals surface area (Å²) < 4.78 is 12.7. The van der Waals surface area contributed by atoms with E-state index in [1.807, 2.05) is 54.6 Å². The second-order valence-electron chi connectivity index (χ2n) is 3.51. The summed E-state index contributed by atoms with van der Waals surface area (Å²) in [6.07, 6.45) is 0. The lowest BCUT2D eigenvalue weighted by Crippen LogP contribution is -1.87. The number of ether oxygens (including phenoxy) is 1. The normalized spacial score (nSPS) is 12.1. The van der Waals surface area contributed by atoms with Gasteiger partial charge in [0.15, 0.2) is 0 Å². The van der Waals surface area contributed by atoms with Gasteiger partial charge in [-0.05, 0) is 28.8 Å². The van der Waals surface area contributed by atoms with E-state index >= 15 is 0 Å². The highest BCUT2D eigenvalue weighted by Gasteiger charge is 2.01. The topological polar surface area (TPSA) is 9.23 Å². The Morgan fingerprint density at radius 1 is 1.00 bits per heavy atom. The summed E-state index contributed by atoms with van der Waals surface area (Å²) in [5.41, 5.74) is 2.98. The monoisotopic (exact) mass is 211 g/mol. The zero-order valence-corrected chi connectivity index (χ0v) is 9.18. The van der Waals surface area contributed by atoms with Crippen LogP contribution in [0.3, 0.4) is 0 Å². The molecule has 0 saturated heterocycles. The molecule has 0 aliphatic carbocycles. The van der Waals surface area contributed by atoms with E-state index in [1.165, 1.54) is 6.55 Å². The molecule has 0 aliphatic heterocycles. The van der Waals surface area contributed by atoms with Gasteiger partial charge in [-0.15, -0.1) is 0 Å². The molecule has 0 fully saturated rings. The van der Waals surface area contributed by atoms with E-state index in [9.17, 15) is 0 Å². The van der Waals surface area contributed by atoms with Gasteiger partial charge in [0.25, 0.3) is 0 Å². The van der Waals surface area contributed by atoms with Crippen LogP contribution in [0.1, 0.15) is 12.5 Å². The third-order valence-electron chi connectivity index (χ3n) is 2.49. The molecule has 0 unspecified atom stereocenters. The Labute approximate surface area is 97.4 Å². The molecule has 0 bridgehead atoms. The van der Waals surface area contributed by atoms with Crippen molar-refractivity contribution in [2.75, 3.05) is 7.11 Å². The van der Waals surface area contributed by atoms with Crippen LogP contribution in [0.15, 0.2) is 61.2 Å². The predicted octanol–water partition coefficient (Wildman–Crippen LogP) is 3.76. The summed E-state index contributed by atoms with van der Waals surface area (Å²) in [5.74, 6) is 0.825. The minimum atomic E-state index is 0.825. The molecular formula is C15H14O. The molecule has 0 heterocycles. The molecule has 2 rings (SSSR count). The molecule has 80 valence electrons. The first-order chi connectivity index (χ1) is 8.35. The van der Waals surface area contributed by atoms with Gasteiger partial charge in [-0.3, -0.25) is 0 Å². The van der Waals surface area contributed by atoms with E-state index in [4.69, 9.17) is 6.11 Å². The van der Waals surface area contributed by atoms with Gasteiger partial charge < -0.3 is 4.74 Å². The first-order valence-corrected chi connectivity index (χ1v) is 5.13. The van der Waals surface area contributed by atoms with Crippen molar-refractivity contribution >= 4 is 5.57 Å². The highest BCUT2D eigenvalue weighted by atomic mass is 16.5. The fourth-order valence-corrected chi connectivity index (χ4v) is 1.55. The average molecular weight is 211 g/mol. The SMILES string of the molecule is [2H]C=C(c1ccccc1)c1ccc(OC)cc1. The van der Waals surface area contributed by atoms with E-state index in [-0.39, 0.29) is 0 Å². The maximum atomic E-state index is 7.54. The van der Waals surface area contributed by atoms with Gasteiger partial charge >= 0.3 is 0 Å². The van der Waals surface area contributed by atoms with Crippen LogP contribution < -0.4 is 4.74 Å². The Kier molecular flexibility index (Phi) is 2.69. The second kappa shape index (κ2) is 4.67. The van der Waals surface area contributed by atoms with Crippen LogP contribution in [-0.4, -0.2) is 7.11 Å². The van der Waals surface area contributed by atoms with Crippen LogP contribution in [0.2, 0.25) is 0 Å². The van der Waals surface area contributed by atoms with Gasteiger partial charge in [0.1, 0.15) is 5.75 Å². The van der Waals surface area contributed by atoms with Crippen molar-refractivity contribution in [1.29, 1.82) is 0 Å². The Hall–Kier alpha value is -2.02. The quantitative estimate of drug-likeness (QED) is 0.751. The van der Waals surface area contributed by atoms with E-state index in [1.54, 1.807) is 7.11 Å². The van der Waals surface area contributed by atoms with Crippen molar-refractivity contribution < 1.29 is 6.11 Å². The van der Waals surface area contributed by atoms with Gasteiger partial charge in [-0.25, -0.2) is 0 Å². The van der Waals surface area contributed by atoms with Gasteiger partial charge in [-0.2, -0.15) is 0 Å². The molecule has 16 heavy (non-hydrogen) atoms. The number of benzene rings is 2. The van der Waals surface area contributed by atoms with Gasteiger partial charge in [0.05, 0.1) is 8.48 Å². The summed E-state index contributed by atoms with van der Waals surface area (Å²) in [5, 5.41) is 0. The molecule has 0 spiro atoms. The van der Waals surface area contributed by atoms with Crippen LogP contribution in [-0.2, 0) is 0 Å². The molecule has 0 amide bonds. The minimum Gasteiger partial charge on any atom is -0.497 e. The van der Waals surface area contributed by atoms with Crippen molar-refractivity contribution in [3.63, 3.8) is 0 Å². The molecule has 0 atom stereocenters. The lowest BCUT2D eigenvalue weighted by molar-refractivity contribution is 0.415. The summed E-state index contributed by atoms with van der Waals surface area (Å²) in [6.45, 7) is 1.39. The Balaban J connectivity index is 2.37. The predicted molar refractivity (Wildman–Crippen MR) is 67.6 cm³/mol. The molecule has 0 N–H and O–H groups in total. The van der Waals surface area contributed by atoms with E-state index < -0.39 is 0 Å². The standard InChI is InChI=1S/C15H14O/c1-12(13-6-4-3-5-7-13)14-8-10-15(16-2)11-9-14/h3-11H,1H2,2H3/i1D. The summed E-state index contributed by atoms with van der Waals surface area (Å²) in [6, 6.07) is 17.7. The first-order valence-electron chi connectivity index (χ1n) is 5.71. The lowest BCUT2D eigenvalue weighted by Gasteiger charge is -2.07. The van der Waals surface area contributed by atoms with Crippen LogP contribution in [0.4, 0.5) is 0 Å². The average Bonchev–Trinajstić information content (AvgIpc) is 2.42. The Morgan fingerprint density at radius 3 is 2.19 bits per heavy atom. The molecule has 1 nitrogen and oxygen atoms in total. The first kappa shape index (κ1) is 9.22. The maximum absolute atomic E-state index is 7.54. The zero-order chi connectivity index (χ0) is 12.1. The minimum absolute atomic E-state index is 0.825. The highest BCUT2D eigenvalue weighted by molar-refractivity contribution is 5.78. The van der Waals surface area contributed by atoms with Crippen molar-refractivity contribution in [2.24, 2.45) is 0 Å². The van der Waals surface area contributed by atoms with Crippen molar-refractivity contribution in [2.45, 2.75) is 0 Å². The number of hydrogen-bond donors (Lipinski definition) is 0. The van der Waals surface area contributed by atoms with Crippen LogP contribution in [0, 0.1) is 0 Å². The van der Waals surface area contributed by atoms with Crippen molar-refractivity contribution in [1.82, 2.24) is 0 Å². The fourth-order valence-electron chi connectivity index (χ4n) is 1.55. The third kappa shape index (κ3) is 2.14. The summed E-state index contributed by atoms with van der Waals surface area (Å²) in [7, 11) is 1.65. The number of methoxy groups -OCH3 is 1. The largest absolute Gasteiger partial charge is 0.497 e. The Bertz CT molecular complexity index is 500. The van der Waals surface area contributed by atoms with E-state index in [0.29, 0.717) is 0 Å². The van der Waals surface area contributed by atoms with Crippen LogP contribution in [0.25, 0.3) is 5.57 Å². The second-order valence-corrected chi connectivity index (χ2v) is 3.51. The molecule has 0 aromatic heterocycles. The highest BCUT2D eigenvalue weighted by Crippen LogP contribution is 2.23. The third-order valence-corrected chi connectivity index (χ3v) is 2.49. The molecule has 1 heteroatoms. The van der Waals surface area contributed by atoms with Gasteiger partial charge in [-0.1, -0.05) is 49.0 Å². The zero-order valence-electron chi connectivity index (χ0n) is 10.2. The van der Waals surface area contributed by atoms with Crippen LogP contribution in [0.5, 0.6) is 5.75 Å². The fraction of sp³-hybridized carbons (Fsp3) is 0.0667. The molecule has 0 radical (unpaired) electrons. The molecular weight excluding hydrogens is 196 g/mol. The van der Waals surface area contributed by atoms with E-state index in [2.05, 4.69) is 0 Å². The van der Waals surface area contributed by atoms with Crippen molar-refractivity contribution in [3.8, 4) is 5.75 Å². The van der Waals surface area contributed by atoms with Crippen LogP contribution >= 0.6 is 0 Å². The van der Waals surface area contributed by atoms with E-state index in [0.717, 1.165) is 22.4 Å². The Morgan fingerprint density at radius 2 is 1.62 bits per heavy atom. The molecule has 0 saturated carbocycles. The number of hydrogen-bond acceptors (Lipinski definition) is 1. The molecule has 0 aliphatic rings. The smallest absolute Gasteiger partial charge is 0.118 e.